The monoisotopic (exact) mass is 690 g/mol. The number of carbonyl (C=O) groups is 4. The fraction of sp³-hybridized carbons (Fsp3) is 0.594. The summed E-state index contributed by atoms with van der Waals surface area (Å²) in [4.78, 5) is 52.5. The Hall–Kier alpha value is -4.11. The predicted octanol–water partition coefficient (Wildman–Crippen LogP) is 2.36. The minimum Gasteiger partial charge on any atom is -0.508 e. The number of nitrogens with one attached hydrogen (secondary N) is 1. The molecule has 0 radical (unpaired) electrons. The molecule has 3 saturated heterocycles. The lowest BCUT2D eigenvalue weighted by Gasteiger charge is -2.39. The van der Waals surface area contributed by atoms with E-state index in [0.29, 0.717) is 24.9 Å². The summed E-state index contributed by atoms with van der Waals surface area (Å²) in [6.45, 7) is 3.19. The van der Waals surface area contributed by atoms with Crippen molar-refractivity contribution in [1.82, 2.24) is 15.1 Å². The molecule has 2 unspecified atom stereocenters. The predicted molar refractivity (Wildman–Crippen MR) is 168 cm³/mol. The Labute approximate surface area is 282 Å². The van der Waals surface area contributed by atoms with E-state index in [4.69, 9.17) is 14.0 Å². The number of carboxylic acids is 2. The van der Waals surface area contributed by atoms with Crippen LogP contribution in [0.15, 0.2) is 42.0 Å². The zero-order valence-corrected chi connectivity index (χ0v) is 27.3. The number of amides is 1. The van der Waals surface area contributed by atoms with Gasteiger partial charge in [0.1, 0.15) is 12.8 Å². The number of rotatable bonds is 13. The van der Waals surface area contributed by atoms with E-state index in [0.717, 1.165) is 6.42 Å². The Bertz CT molecular complexity index is 1450. The number of benzene rings is 1. The Morgan fingerprint density at radius 1 is 1.22 bits per heavy atom. The van der Waals surface area contributed by atoms with Crippen molar-refractivity contribution in [3.8, 4) is 6.07 Å². The molecule has 1 amide bonds. The van der Waals surface area contributed by atoms with Gasteiger partial charge in [0.2, 0.25) is 0 Å². The van der Waals surface area contributed by atoms with Crippen LogP contribution in [0.2, 0.25) is 0 Å². The fourth-order valence-electron chi connectivity index (χ4n) is 6.42. The van der Waals surface area contributed by atoms with Crippen molar-refractivity contribution < 1.29 is 57.3 Å². The summed E-state index contributed by atoms with van der Waals surface area (Å²) in [7, 11) is -1.68. The van der Waals surface area contributed by atoms with Crippen molar-refractivity contribution in [3.05, 3.63) is 47.5 Å². The molecule has 4 atom stereocenters. The summed E-state index contributed by atoms with van der Waals surface area (Å²) in [5.41, 5.74) is -2.76. The lowest BCUT2D eigenvalue weighted by molar-refractivity contribution is -0.175. The number of nitrogens with zero attached hydrogens (tertiary/aromatic N) is 3. The number of carbonyl (C=O) groups excluding carboxylic acids is 2. The summed E-state index contributed by atoms with van der Waals surface area (Å²) in [6, 6.07) is 10.1. The van der Waals surface area contributed by atoms with E-state index >= 15 is 0 Å². The molecule has 0 bridgehead atoms. The number of halogens is 2. The van der Waals surface area contributed by atoms with Gasteiger partial charge in [0.15, 0.2) is 5.60 Å². The van der Waals surface area contributed by atoms with Crippen LogP contribution in [0, 0.1) is 11.3 Å². The SMILES string of the molecule is CC(C)(/C=C(\C#N)C(O)N1CCCC[C@@H]1COC(=O)N[C@@H](Cc1ccccc1)B1OC(=O)CC(CC(=O)O)(C(=O)O)O1)N1CCC(F)(F)C1. The first kappa shape index (κ1) is 37.7. The van der Waals surface area contributed by atoms with Crippen LogP contribution < -0.4 is 5.32 Å². The molecular formula is C32H41BF2N4O10. The molecule has 4 rings (SSSR count). The van der Waals surface area contributed by atoms with Crippen molar-refractivity contribution in [2.24, 2.45) is 0 Å². The van der Waals surface area contributed by atoms with Crippen molar-refractivity contribution in [2.45, 2.75) is 94.1 Å². The number of aliphatic hydroxyl groups is 1. The molecule has 3 fully saturated rings. The molecule has 3 aliphatic heterocycles. The van der Waals surface area contributed by atoms with Crippen LogP contribution in [0.1, 0.15) is 57.9 Å². The minimum atomic E-state index is -2.84. The molecule has 1 aromatic rings. The van der Waals surface area contributed by atoms with E-state index in [1.54, 1.807) is 54.0 Å². The van der Waals surface area contributed by atoms with Gasteiger partial charge >= 0.3 is 25.2 Å². The van der Waals surface area contributed by atoms with Gasteiger partial charge in [0.05, 0.1) is 37.0 Å². The molecule has 0 aliphatic carbocycles. The summed E-state index contributed by atoms with van der Waals surface area (Å²) in [5.74, 6) is -8.26. The molecule has 49 heavy (non-hydrogen) atoms. The zero-order chi connectivity index (χ0) is 36.0. The van der Waals surface area contributed by atoms with Gasteiger partial charge in [-0.1, -0.05) is 36.8 Å². The number of likely N-dealkylation sites (tertiary alicyclic amines) is 2. The summed E-state index contributed by atoms with van der Waals surface area (Å²) < 4.78 is 44.2. The molecule has 17 heteroatoms. The lowest BCUT2D eigenvalue weighted by atomic mass is 9.71. The third-order valence-electron chi connectivity index (χ3n) is 9.07. The second-order valence-corrected chi connectivity index (χ2v) is 13.2. The molecule has 14 nitrogen and oxygen atoms in total. The third-order valence-corrected chi connectivity index (χ3v) is 9.07. The van der Waals surface area contributed by atoms with Gasteiger partial charge in [-0.3, -0.25) is 19.4 Å². The molecule has 3 aliphatic rings. The molecule has 0 saturated carbocycles. The number of carboxylic acid groups (broad SMARTS) is 2. The fourth-order valence-corrected chi connectivity index (χ4v) is 6.42. The van der Waals surface area contributed by atoms with Gasteiger partial charge in [-0.15, -0.1) is 0 Å². The second kappa shape index (κ2) is 15.6. The first-order valence-electron chi connectivity index (χ1n) is 16.0. The summed E-state index contributed by atoms with van der Waals surface area (Å²) in [6.07, 6.45) is -1.18. The van der Waals surface area contributed by atoms with Crippen molar-refractivity contribution in [3.63, 3.8) is 0 Å². The summed E-state index contributed by atoms with van der Waals surface area (Å²) >= 11 is 0. The quantitative estimate of drug-likeness (QED) is 0.174. The van der Waals surface area contributed by atoms with Crippen LogP contribution in [0.3, 0.4) is 0 Å². The average Bonchev–Trinajstić information content (AvgIpc) is 3.42. The first-order chi connectivity index (χ1) is 23.0. The molecule has 266 valence electrons. The van der Waals surface area contributed by atoms with E-state index in [1.807, 2.05) is 6.07 Å². The van der Waals surface area contributed by atoms with Crippen LogP contribution in [0.25, 0.3) is 0 Å². The number of ether oxygens (including phenoxy) is 1. The highest BCUT2D eigenvalue weighted by Gasteiger charge is 2.55. The summed E-state index contributed by atoms with van der Waals surface area (Å²) in [5, 5.41) is 43.0. The van der Waals surface area contributed by atoms with Crippen LogP contribution in [0.5, 0.6) is 0 Å². The van der Waals surface area contributed by atoms with Gasteiger partial charge in [-0.25, -0.2) is 18.4 Å². The maximum atomic E-state index is 13.9. The van der Waals surface area contributed by atoms with Crippen LogP contribution >= 0.6 is 0 Å². The molecule has 0 aromatic heterocycles. The van der Waals surface area contributed by atoms with Crippen molar-refractivity contribution in [1.29, 1.82) is 5.26 Å². The lowest BCUT2D eigenvalue weighted by Crippen LogP contribution is -2.61. The number of hydrogen-bond donors (Lipinski definition) is 4. The number of alkyl halides is 2. The normalized spacial score (nSPS) is 24.7. The molecule has 1 aromatic carbocycles. The van der Waals surface area contributed by atoms with Crippen LogP contribution in [-0.2, 0) is 34.9 Å². The van der Waals surface area contributed by atoms with Gasteiger partial charge < -0.3 is 34.7 Å². The number of alkyl carbamates (subject to hydrolysis) is 1. The largest absolute Gasteiger partial charge is 0.552 e. The number of hydrogen-bond acceptors (Lipinski definition) is 11. The third kappa shape index (κ3) is 9.75. The maximum Gasteiger partial charge on any atom is 0.552 e. The molecule has 3 heterocycles. The van der Waals surface area contributed by atoms with Gasteiger partial charge in [-0.05, 0) is 44.7 Å². The highest BCUT2D eigenvalue weighted by molar-refractivity contribution is 6.50. The number of aliphatic carboxylic acids is 2. The molecule has 0 spiro atoms. The van der Waals surface area contributed by atoms with Crippen LogP contribution in [0.4, 0.5) is 13.6 Å². The van der Waals surface area contributed by atoms with Gasteiger partial charge in [0.25, 0.3) is 11.9 Å². The van der Waals surface area contributed by atoms with E-state index in [2.05, 4.69) is 5.32 Å². The average molecular weight is 691 g/mol. The highest BCUT2D eigenvalue weighted by Crippen LogP contribution is 2.34. The number of aliphatic hydroxyl groups excluding tert-OH is 1. The van der Waals surface area contributed by atoms with Crippen LogP contribution in [-0.4, -0.2) is 118 Å². The second-order valence-electron chi connectivity index (χ2n) is 13.2. The molecule has 4 N–H and O–H groups in total. The van der Waals surface area contributed by atoms with E-state index < -0.39 is 85.8 Å². The van der Waals surface area contributed by atoms with Crippen molar-refractivity contribution >= 4 is 31.1 Å². The van der Waals surface area contributed by atoms with E-state index in [1.165, 1.54) is 6.08 Å². The minimum absolute atomic E-state index is 0.0139. The van der Waals surface area contributed by atoms with Crippen molar-refractivity contribution in [2.75, 3.05) is 26.2 Å². The maximum absolute atomic E-state index is 13.9. The Morgan fingerprint density at radius 3 is 2.55 bits per heavy atom. The van der Waals surface area contributed by atoms with E-state index in [-0.39, 0.29) is 31.6 Å². The Kier molecular flexibility index (Phi) is 12.0. The number of nitriles is 1. The Balaban J connectivity index is 1.47. The topological polar surface area (TPSA) is 199 Å². The zero-order valence-electron chi connectivity index (χ0n) is 27.3. The van der Waals surface area contributed by atoms with E-state index in [9.17, 15) is 48.5 Å². The molecular weight excluding hydrogens is 649 g/mol. The Morgan fingerprint density at radius 2 is 1.94 bits per heavy atom. The standard InChI is InChI=1S/C32H41BF2N4O10/c1-30(2,38-13-11-32(34,35)20-38)15-22(18-36)27(43)39-12-7-6-10-23(39)19-47-29(46)37-24(14-21-8-4-3-5-9-21)33-48-26(42)17-31(49-33,28(44)45)16-25(40)41/h3-5,8-9,15,23-24,27,43H,6-7,10-14,16-17,19-20H2,1-2H3,(H,37,46)(H,40,41)(H,44,45)/b22-15+/t23-,24+,27?,31?/m1/s1. The first-order valence-corrected chi connectivity index (χ1v) is 16.0. The highest BCUT2D eigenvalue weighted by atomic mass is 19.3. The number of piperidine rings is 1. The van der Waals surface area contributed by atoms with Gasteiger partial charge in [0, 0.05) is 31.1 Å². The smallest absolute Gasteiger partial charge is 0.508 e. The van der Waals surface area contributed by atoms with Gasteiger partial charge in [-0.2, -0.15) is 5.26 Å².